The fourth-order valence-electron chi connectivity index (χ4n) is 3.60. The van der Waals surface area contributed by atoms with E-state index in [0.717, 1.165) is 5.56 Å². The summed E-state index contributed by atoms with van der Waals surface area (Å²) in [5.41, 5.74) is -0.135. The normalized spacial score (nSPS) is 14.6. The first-order valence-electron chi connectivity index (χ1n) is 9.85. The lowest BCUT2D eigenvalue weighted by Crippen LogP contribution is -2.53. The average Bonchev–Trinajstić information content (AvgIpc) is 3.45. The van der Waals surface area contributed by atoms with Gasteiger partial charge in [0.2, 0.25) is 12.7 Å². The van der Waals surface area contributed by atoms with E-state index in [-0.39, 0.29) is 30.5 Å². The number of aromatic nitrogens is 2. The molecule has 2 aromatic carbocycles. The third-order valence-electron chi connectivity index (χ3n) is 5.02. The average molecular weight is 435 g/mol. The first-order valence-corrected chi connectivity index (χ1v) is 9.85. The van der Waals surface area contributed by atoms with Crippen LogP contribution in [0.3, 0.4) is 0 Å². The van der Waals surface area contributed by atoms with E-state index in [2.05, 4.69) is 10.4 Å². The Hall–Kier alpha value is -4.27. The number of carboxylic acid groups (broad SMARTS) is 1. The number of benzene rings is 2. The molecule has 9 nitrogen and oxygen atoms in total. The van der Waals surface area contributed by atoms with Crippen molar-refractivity contribution in [1.82, 2.24) is 15.1 Å². The Kier molecular flexibility index (Phi) is 5.80. The SMILES string of the molecule is O=C(O)CC(Cc1ccccc1)(NC(=O)c1cc(O)n(-c2ccccc2)n1)C1=COCO1. The molecule has 164 valence electrons. The number of amides is 1. The van der Waals surface area contributed by atoms with Gasteiger partial charge in [-0.05, 0) is 17.7 Å². The second-order valence-electron chi connectivity index (χ2n) is 7.32. The maximum Gasteiger partial charge on any atom is 0.306 e. The first kappa shape index (κ1) is 21.0. The number of carbonyl (C=O) groups is 2. The molecular formula is C23H21N3O6. The molecule has 0 aliphatic carbocycles. The van der Waals surface area contributed by atoms with Crippen molar-refractivity contribution < 1.29 is 29.3 Å². The minimum atomic E-state index is -1.42. The number of nitrogens with one attached hydrogen (secondary N) is 1. The number of carbonyl (C=O) groups excluding carboxylic acids is 1. The lowest BCUT2D eigenvalue weighted by molar-refractivity contribution is -0.138. The van der Waals surface area contributed by atoms with Gasteiger partial charge < -0.3 is 25.0 Å². The molecule has 3 aromatic rings. The summed E-state index contributed by atoms with van der Waals surface area (Å²) in [7, 11) is 0. The summed E-state index contributed by atoms with van der Waals surface area (Å²) in [4.78, 5) is 25.0. The molecule has 4 rings (SSSR count). The largest absolute Gasteiger partial charge is 0.493 e. The zero-order valence-electron chi connectivity index (χ0n) is 17.0. The zero-order valence-corrected chi connectivity index (χ0v) is 17.0. The number of nitrogens with zero attached hydrogens (tertiary/aromatic N) is 2. The number of para-hydroxylation sites is 1. The number of carboxylic acids is 1. The highest BCUT2D eigenvalue weighted by Crippen LogP contribution is 2.31. The number of rotatable bonds is 8. The number of ether oxygens (including phenoxy) is 2. The van der Waals surface area contributed by atoms with E-state index in [1.165, 1.54) is 17.0 Å². The summed E-state index contributed by atoms with van der Waals surface area (Å²) in [6.07, 6.45) is 1.01. The third kappa shape index (κ3) is 4.41. The van der Waals surface area contributed by atoms with Gasteiger partial charge in [0.05, 0.1) is 12.1 Å². The van der Waals surface area contributed by atoms with E-state index in [9.17, 15) is 19.8 Å². The van der Waals surface area contributed by atoms with Gasteiger partial charge in [-0.15, -0.1) is 0 Å². The van der Waals surface area contributed by atoms with Crippen LogP contribution in [-0.2, 0) is 20.7 Å². The quantitative estimate of drug-likeness (QED) is 0.497. The molecule has 1 unspecified atom stereocenters. The highest BCUT2D eigenvalue weighted by atomic mass is 16.7. The Morgan fingerprint density at radius 2 is 1.78 bits per heavy atom. The Morgan fingerprint density at radius 1 is 1.09 bits per heavy atom. The van der Waals surface area contributed by atoms with Crippen LogP contribution in [0.4, 0.5) is 0 Å². The minimum absolute atomic E-state index is 0.0753. The van der Waals surface area contributed by atoms with Crippen molar-refractivity contribution in [2.24, 2.45) is 0 Å². The van der Waals surface area contributed by atoms with Gasteiger partial charge in [-0.1, -0.05) is 48.5 Å². The highest BCUT2D eigenvalue weighted by Gasteiger charge is 2.43. The molecule has 1 aliphatic rings. The van der Waals surface area contributed by atoms with Crippen LogP contribution in [0.25, 0.3) is 5.69 Å². The van der Waals surface area contributed by atoms with E-state index < -0.39 is 23.8 Å². The second kappa shape index (κ2) is 8.84. The Morgan fingerprint density at radius 3 is 2.41 bits per heavy atom. The van der Waals surface area contributed by atoms with Crippen molar-refractivity contribution in [1.29, 1.82) is 0 Å². The summed E-state index contributed by atoms with van der Waals surface area (Å²) < 4.78 is 11.9. The highest BCUT2D eigenvalue weighted by molar-refractivity contribution is 5.94. The van der Waals surface area contributed by atoms with Gasteiger partial charge in [0.1, 0.15) is 11.8 Å². The van der Waals surface area contributed by atoms with Crippen LogP contribution in [0.15, 0.2) is 78.8 Å². The van der Waals surface area contributed by atoms with Crippen molar-refractivity contribution in [3.8, 4) is 11.6 Å². The molecule has 1 aromatic heterocycles. The molecule has 9 heteroatoms. The molecule has 0 saturated carbocycles. The van der Waals surface area contributed by atoms with Crippen molar-refractivity contribution in [2.45, 2.75) is 18.4 Å². The number of hydrogen-bond donors (Lipinski definition) is 3. The molecule has 1 atom stereocenters. The Balaban J connectivity index is 1.69. The van der Waals surface area contributed by atoms with Gasteiger partial charge >= 0.3 is 5.97 Å². The summed E-state index contributed by atoms with van der Waals surface area (Å²) in [6.45, 7) is -0.0786. The number of aliphatic carboxylic acids is 1. The van der Waals surface area contributed by atoms with Gasteiger partial charge in [-0.2, -0.15) is 5.10 Å². The third-order valence-corrected chi connectivity index (χ3v) is 5.02. The number of aromatic hydroxyl groups is 1. The predicted octanol–water partition coefficient (Wildman–Crippen LogP) is 2.61. The van der Waals surface area contributed by atoms with E-state index in [1.807, 2.05) is 36.4 Å². The molecule has 0 spiro atoms. The van der Waals surface area contributed by atoms with Gasteiger partial charge in [-0.3, -0.25) is 9.59 Å². The van der Waals surface area contributed by atoms with E-state index >= 15 is 0 Å². The van der Waals surface area contributed by atoms with Crippen LogP contribution < -0.4 is 5.32 Å². The summed E-state index contributed by atoms with van der Waals surface area (Å²) in [6, 6.07) is 19.2. The van der Waals surface area contributed by atoms with Crippen LogP contribution in [-0.4, -0.2) is 44.2 Å². The first-order chi connectivity index (χ1) is 15.5. The smallest absolute Gasteiger partial charge is 0.306 e. The summed E-state index contributed by atoms with van der Waals surface area (Å²) in [5.74, 6) is -1.82. The van der Waals surface area contributed by atoms with Crippen LogP contribution in [0.1, 0.15) is 22.5 Å². The van der Waals surface area contributed by atoms with Gasteiger partial charge in [0, 0.05) is 12.5 Å². The van der Waals surface area contributed by atoms with Crippen LogP contribution in [0.5, 0.6) is 5.88 Å². The van der Waals surface area contributed by atoms with Gasteiger partial charge in [-0.25, -0.2) is 4.68 Å². The van der Waals surface area contributed by atoms with E-state index in [0.29, 0.717) is 5.69 Å². The van der Waals surface area contributed by atoms with Crippen LogP contribution in [0.2, 0.25) is 0 Å². The molecular weight excluding hydrogens is 414 g/mol. The Labute approximate surface area is 183 Å². The van der Waals surface area contributed by atoms with Crippen molar-refractivity contribution in [3.63, 3.8) is 0 Å². The molecule has 2 heterocycles. The fraction of sp³-hybridized carbons (Fsp3) is 0.174. The van der Waals surface area contributed by atoms with E-state index in [1.54, 1.807) is 24.3 Å². The zero-order chi connectivity index (χ0) is 22.6. The molecule has 0 saturated heterocycles. The fourth-order valence-corrected chi connectivity index (χ4v) is 3.60. The molecule has 32 heavy (non-hydrogen) atoms. The second-order valence-corrected chi connectivity index (χ2v) is 7.32. The molecule has 0 fully saturated rings. The summed E-state index contributed by atoms with van der Waals surface area (Å²) >= 11 is 0. The van der Waals surface area contributed by atoms with Crippen LogP contribution in [0, 0.1) is 0 Å². The monoisotopic (exact) mass is 435 g/mol. The van der Waals surface area contributed by atoms with Crippen molar-refractivity contribution in [3.05, 3.63) is 90.0 Å². The maximum atomic E-state index is 13.2. The molecule has 1 amide bonds. The van der Waals surface area contributed by atoms with Crippen LogP contribution >= 0.6 is 0 Å². The lowest BCUT2D eigenvalue weighted by Gasteiger charge is -2.33. The maximum absolute atomic E-state index is 13.2. The summed E-state index contributed by atoms with van der Waals surface area (Å²) in [5, 5.41) is 26.9. The topological polar surface area (TPSA) is 123 Å². The standard InChI is InChI=1S/C23H21N3O6/c27-20-11-18(25-26(20)17-9-5-2-6-10-17)22(30)24-23(13-21(28)29,19-14-31-15-32-19)12-16-7-3-1-4-8-16/h1-11,14,27H,12-13,15H2,(H,24,30)(H,28,29). The predicted molar refractivity (Wildman–Crippen MR) is 113 cm³/mol. The lowest BCUT2D eigenvalue weighted by atomic mass is 9.85. The van der Waals surface area contributed by atoms with Gasteiger partial charge in [0.25, 0.3) is 5.91 Å². The van der Waals surface area contributed by atoms with Crippen molar-refractivity contribution >= 4 is 11.9 Å². The molecule has 0 bridgehead atoms. The Bertz CT molecular complexity index is 1140. The van der Waals surface area contributed by atoms with Crippen molar-refractivity contribution in [2.75, 3.05) is 6.79 Å². The molecule has 3 N–H and O–H groups in total. The minimum Gasteiger partial charge on any atom is -0.493 e. The molecule has 0 radical (unpaired) electrons. The van der Waals surface area contributed by atoms with Gasteiger partial charge in [0.15, 0.2) is 11.5 Å². The number of hydrogen-bond acceptors (Lipinski definition) is 6. The molecule has 1 aliphatic heterocycles. The van der Waals surface area contributed by atoms with E-state index in [4.69, 9.17) is 9.47 Å².